The first-order valence-electron chi connectivity index (χ1n) is 12.1. The molecule has 0 saturated carbocycles. The molecule has 0 bridgehead atoms. The number of ether oxygens (including phenoxy) is 4. The van der Waals surface area contributed by atoms with Gasteiger partial charge in [0.05, 0.1) is 28.4 Å². The first kappa shape index (κ1) is 28.8. The van der Waals surface area contributed by atoms with Gasteiger partial charge in [-0.15, -0.1) is 0 Å². The van der Waals surface area contributed by atoms with Gasteiger partial charge in [0, 0.05) is 18.5 Å². The minimum atomic E-state index is -1.32. The summed E-state index contributed by atoms with van der Waals surface area (Å²) in [6.45, 7) is -0.108. The largest absolute Gasteiger partial charge is 0.497 e. The highest BCUT2D eigenvalue weighted by molar-refractivity contribution is 5.97. The van der Waals surface area contributed by atoms with Gasteiger partial charge in [0.25, 0.3) is 5.91 Å². The molecule has 2 amide bonds. The number of nitrogens with zero attached hydrogens (tertiary/aromatic N) is 1. The van der Waals surface area contributed by atoms with Crippen molar-refractivity contribution in [1.82, 2.24) is 4.90 Å². The van der Waals surface area contributed by atoms with E-state index in [4.69, 9.17) is 24.7 Å². The third kappa shape index (κ3) is 6.98. The van der Waals surface area contributed by atoms with Crippen LogP contribution in [0.5, 0.6) is 23.0 Å². The molecule has 3 aromatic carbocycles. The number of carboxylic acid groups (broad SMARTS) is 1. The first-order valence-corrected chi connectivity index (χ1v) is 12.1. The molecule has 1 atom stereocenters. The highest BCUT2D eigenvalue weighted by Gasteiger charge is 2.31. The zero-order chi connectivity index (χ0) is 28.5. The molecule has 0 aliphatic rings. The smallest absolute Gasteiger partial charge is 0.326 e. The Bertz CT molecular complexity index is 1300. The summed E-state index contributed by atoms with van der Waals surface area (Å²) in [6, 6.07) is 16.3. The fourth-order valence-electron chi connectivity index (χ4n) is 4.21. The monoisotopic (exact) mass is 536 g/mol. The van der Waals surface area contributed by atoms with Gasteiger partial charge in [-0.3, -0.25) is 9.59 Å². The number of aliphatic carboxylic acids is 1. The number of amides is 2. The maximum atomic E-state index is 13.8. The Kier molecular flexibility index (Phi) is 9.75. The highest BCUT2D eigenvalue weighted by atomic mass is 16.5. The standard InChI is InChI=1S/C29H32N2O8/c1-36-22-7-5-6-21(16-22)19-8-10-20(11-9-19)28(33)31(23(29(34)35)12-13-26(30)32)17-18-14-24(37-2)27(39-4)25(15-18)38-3/h5-11,14-16,23H,12-13,17H2,1-4H3,(H2,30,32)(H,34,35)/t23-/m0/s1. The van der Waals surface area contributed by atoms with Crippen LogP contribution in [0, 0.1) is 0 Å². The van der Waals surface area contributed by atoms with E-state index in [0.29, 0.717) is 28.6 Å². The topological polar surface area (TPSA) is 138 Å². The van der Waals surface area contributed by atoms with Crippen LogP contribution in [0.15, 0.2) is 60.7 Å². The van der Waals surface area contributed by atoms with Gasteiger partial charge in [0.15, 0.2) is 11.5 Å². The van der Waals surface area contributed by atoms with Crippen LogP contribution >= 0.6 is 0 Å². The number of hydrogen-bond acceptors (Lipinski definition) is 7. The molecule has 10 heteroatoms. The van der Waals surface area contributed by atoms with E-state index < -0.39 is 23.8 Å². The number of nitrogens with two attached hydrogens (primary N) is 1. The highest BCUT2D eigenvalue weighted by Crippen LogP contribution is 2.39. The van der Waals surface area contributed by atoms with Gasteiger partial charge in [-0.2, -0.15) is 0 Å². The van der Waals surface area contributed by atoms with Gasteiger partial charge in [0.2, 0.25) is 11.7 Å². The lowest BCUT2D eigenvalue weighted by Gasteiger charge is -2.29. The molecule has 0 fully saturated rings. The van der Waals surface area contributed by atoms with Crippen molar-refractivity contribution in [3.63, 3.8) is 0 Å². The lowest BCUT2D eigenvalue weighted by Crippen LogP contribution is -2.45. The number of carboxylic acids is 1. The van der Waals surface area contributed by atoms with E-state index in [2.05, 4.69) is 0 Å². The van der Waals surface area contributed by atoms with Crippen LogP contribution in [0.4, 0.5) is 0 Å². The third-order valence-electron chi connectivity index (χ3n) is 6.20. The number of carbonyl (C=O) groups excluding carboxylic acids is 2. The molecule has 3 aromatic rings. The van der Waals surface area contributed by atoms with Gasteiger partial charge >= 0.3 is 5.97 Å². The van der Waals surface area contributed by atoms with Crippen molar-refractivity contribution < 1.29 is 38.4 Å². The van der Waals surface area contributed by atoms with Crippen molar-refractivity contribution in [2.24, 2.45) is 5.73 Å². The minimum absolute atomic E-state index is 0.108. The molecule has 0 saturated heterocycles. The third-order valence-corrected chi connectivity index (χ3v) is 6.20. The molecule has 0 heterocycles. The Balaban J connectivity index is 2.01. The number of carbonyl (C=O) groups is 3. The first-order chi connectivity index (χ1) is 18.7. The molecule has 3 rings (SSSR count). The van der Waals surface area contributed by atoms with Gasteiger partial charge in [-0.05, 0) is 59.5 Å². The summed E-state index contributed by atoms with van der Waals surface area (Å²) in [5, 5.41) is 10.0. The van der Waals surface area contributed by atoms with Crippen LogP contribution in [0.1, 0.15) is 28.8 Å². The summed E-state index contributed by atoms with van der Waals surface area (Å²) < 4.78 is 21.5. The van der Waals surface area contributed by atoms with E-state index in [1.165, 1.54) is 26.2 Å². The van der Waals surface area contributed by atoms with Crippen LogP contribution in [0.25, 0.3) is 11.1 Å². The van der Waals surface area contributed by atoms with Crippen LogP contribution in [-0.4, -0.2) is 62.3 Å². The van der Waals surface area contributed by atoms with Crippen LogP contribution in [0.3, 0.4) is 0 Å². The molecule has 0 aliphatic carbocycles. The van der Waals surface area contributed by atoms with Gasteiger partial charge in [-0.1, -0.05) is 24.3 Å². The SMILES string of the molecule is COc1cccc(-c2ccc(C(=O)N(Cc3cc(OC)c(OC)c(OC)c3)[C@@H](CCC(N)=O)C(=O)O)cc2)c1. The lowest BCUT2D eigenvalue weighted by molar-refractivity contribution is -0.143. The number of benzene rings is 3. The Morgan fingerprint density at radius 1 is 0.846 bits per heavy atom. The normalized spacial score (nSPS) is 11.3. The zero-order valence-electron chi connectivity index (χ0n) is 22.3. The summed E-state index contributed by atoms with van der Waals surface area (Å²) >= 11 is 0. The van der Waals surface area contributed by atoms with Gasteiger partial charge in [-0.25, -0.2) is 4.79 Å². The van der Waals surface area contributed by atoms with E-state index in [1.807, 2.05) is 24.3 Å². The molecular weight excluding hydrogens is 504 g/mol. The second-order valence-electron chi connectivity index (χ2n) is 8.63. The van der Waals surface area contributed by atoms with E-state index in [1.54, 1.807) is 43.5 Å². The van der Waals surface area contributed by atoms with Crippen molar-refractivity contribution in [2.45, 2.75) is 25.4 Å². The summed E-state index contributed by atoms with van der Waals surface area (Å²) in [7, 11) is 5.97. The van der Waals surface area contributed by atoms with E-state index in [9.17, 15) is 19.5 Å². The molecule has 206 valence electrons. The van der Waals surface area contributed by atoms with Crippen LogP contribution in [0.2, 0.25) is 0 Å². The lowest BCUT2D eigenvalue weighted by atomic mass is 10.0. The Morgan fingerprint density at radius 3 is 2.00 bits per heavy atom. The predicted molar refractivity (Wildman–Crippen MR) is 144 cm³/mol. The fraction of sp³-hybridized carbons (Fsp3) is 0.276. The summed E-state index contributed by atoms with van der Waals surface area (Å²) in [6.07, 6.45) is -0.354. The summed E-state index contributed by atoms with van der Waals surface area (Å²) in [5.41, 5.74) is 7.85. The molecular formula is C29H32N2O8. The van der Waals surface area contributed by atoms with Crippen molar-refractivity contribution in [3.8, 4) is 34.1 Å². The Hall–Kier alpha value is -4.73. The van der Waals surface area contributed by atoms with Crippen molar-refractivity contribution >= 4 is 17.8 Å². The molecule has 39 heavy (non-hydrogen) atoms. The van der Waals surface area contributed by atoms with E-state index in [-0.39, 0.29) is 24.9 Å². The Morgan fingerprint density at radius 2 is 1.49 bits per heavy atom. The van der Waals surface area contributed by atoms with E-state index >= 15 is 0 Å². The maximum Gasteiger partial charge on any atom is 0.326 e. The van der Waals surface area contributed by atoms with E-state index in [0.717, 1.165) is 11.1 Å². The molecule has 0 aromatic heterocycles. The number of rotatable bonds is 13. The van der Waals surface area contributed by atoms with Crippen molar-refractivity contribution in [3.05, 3.63) is 71.8 Å². The second-order valence-corrected chi connectivity index (χ2v) is 8.63. The van der Waals surface area contributed by atoms with Crippen LogP contribution in [-0.2, 0) is 16.1 Å². The molecule has 0 unspecified atom stereocenters. The minimum Gasteiger partial charge on any atom is -0.497 e. The quantitative estimate of drug-likeness (QED) is 0.337. The van der Waals surface area contributed by atoms with Gasteiger partial charge in [0.1, 0.15) is 11.8 Å². The zero-order valence-corrected chi connectivity index (χ0v) is 22.3. The number of primary amides is 1. The average Bonchev–Trinajstić information content (AvgIpc) is 2.95. The summed E-state index contributed by atoms with van der Waals surface area (Å²) in [5.74, 6) is -0.690. The predicted octanol–water partition coefficient (Wildman–Crippen LogP) is 3.75. The summed E-state index contributed by atoms with van der Waals surface area (Å²) in [4.78, 5) is 38.7. The Labute approximate surface area is 226 Å². The molecule has 0 aliphatic heterocycles. The van der Waals surface area contributed by atoms with Crippen molar-refractivity contribution in [1.29, 1.82) is 0 Å². The van der Waals surface area contributed by atoms with Crippen molar-refractivity contribution in [2.75, 3.05) is 28.4 Å². The second kappa shape index (κ2) is 13.2. The maximum absolute atomic E-state index is 13.8. The average molecular weight is 537 g/mol. The molecule has 0 radical (unpaired) electrons. The molecule has 10 nitrogen and oxygen atoms in total. The molecule has 0 spiro atoms. The fourth-order valence-corrected chi connectivity index (χ4v) is 4.21. The molecule has 3 N–H and O–H groups in total. The number of hydrogen-bond donors (Lipinski definition) is 2. The van der Waals surface area contributed by atoms with Crippen LogP contribution < -0.4 is 24.7 Å². The van der Waals surface area contributed by atoms with Gasteiger partial charge < -0.3 is 34.7 Å². The number of methoxy groups -OCH3 is 4.